The summed E-state index contributed by atoms with van der Waals surface area (Å²) in [4.78, 5) is 5.64. The zero-order chi connectivity index (χ0) is 13.7. The fourth-order valence-electron chi connectivity index (χ4n) is 2.32. The molecule has 1 aromatic heterocycles. The van der Waals surface area contributed by atoms with Crippen molar-refractivity contribution in [1.82, 2.24) is 9.88 Å². The summed E-state index contributed by atoms with van der Waals surface area (Å²) >= 11 is 0. The maximum atomic E-state index is 12.2. The van der Waals surface area contributed by atoms with Crippen LogP contribution in [0.5, 0.6) is 0 Å². The molecule has 106 valence electrons. The highest BCUT2D eigenvalue weighted by Crippen LogP contribution is 2.22. The molecule has 0 amide bonds. The minimum Gasteiger partial charge on any atom is -0.370 e. The molecule has 1 aliphatic heterocycles. The Morgan fingerprint density at radius 3 is 2.58 bits per heavy atom. The van der Waals surface area contributed by atoms with Gasteiger partial charge in [0.05, 0.1) is 6.54 Å². The van der Waals surface area contributed by atoms with E-state index in [4.69, 9.17) is 0 Å². The predicted octanol–water partition coefficient (Wildman–Crippen LogP) is 2.77. The average Bonchev–Trinajstić information content (AvgIpc) is 2.37. The summed E-state index contributed by atoms with van der Waals surface area (Å²) in [5, 5.41) is 3.23. The summed E-state index contributed by atoms with van der Waals surface area (Å²) in [5.74, 6) is 1.24. The number of hydrogen-bond donors (Lipinski definition) is 1. The molecule has 1 aromatic rings. The molecule has 0 unspecified atom stereocenters. The van der Waals surface area contributed by atoms with Gasteiger partial charge in [0.15, 0.2) is 0 Å². The van der Waals surface area contributed by atoms with Crippen molar-refractivity contribution in [1.29, 1.82) is 0 Å². The molecule has 0 spiro atoms. The molecule has 2 rings (SSSR count). The first-order valence-electron chi connectivity index (χ1n) is 6.47. The van der Waals surface area contributed by atoms with Crippen LogP contribution in [0.15, 0.2) is 24.4 Å². The summed E-state index contributed by atoms with van der Waals surface area (Å²) in [6, 6.07) is 5.64. The molecule has 1 aliphatic rings. The Morgan fingerprint density at radius 1 is 1.26 bits per heavy atom. The average molecular weight is 273 g/mol. The Morgan fingerprint density at radius 2 is 2.00 bits per heavy atom. The van der Waals surface area contributed by atoms with E-state index in [1.807, 2.05) is 18.2 Å². The number of anilines is 1. The number of pyridine rings is 1. The van der Waals surface area contributed by atoms with Gasteiger partial charge >= 0.3 is 6.18 Å². The lowest BCUT2D eigenvalue weighted by Gasteiger charge is -2.32. The van der Waals surface area contributed by atoms with Crippen molar-refractivity contribution in [2.75, 3.05) is 31.5 Å². The summed E-state index contributed by atoms with van der Waals surface area (Å²) < 4.78 is 36.7. The largest absolute Gasteiger partial charge is 0.401 e. The van der Waals surface area contributed by atoms with Gasteiger partial charge in [0.2, 0.25) is 0 Å². The number of rotatable bonds is 4. The molecular formula is C13H18F3N3. The second-order valence-electron chi connectivity index (χ2n) is 4.93. The lowest BCUT2D eigenvalue weighted by atomic mass is 9.97. The van der Waals surface area contributed by atoms with Crippen LogP contribution in [0.2, 0.25) is 0 Å². The molecule has 0 radical (unpaired) electrons. The van der Waals surface area contributed by atoms with E-state index in [1.165, 1.54) is 4.90 Å². The van der Waals surface area contributed by atoms with Crippen LogP contribution in [-0.2, 0) is 0 Å². The Bertz CT molecular complexity index is 372. The van der Waals surface area contributed by atoms with Gasteiger partial charge in [0, 0.05) is 12.7 Å². The van der Waals surface area contributed by atoms with Crippen LogP contribution in [-0.4, -0.2) is 42.2 Å². The van der Waals surface area contributed by atoms with Crippen LogP contribution in [0.25, 0.3) is 0 Å². The molecule has 1 fully saturated rings. The van der Waals surface area contributed by atoms with E-state index in [-0.39, 0.29) is 0 Å². The normalized spacial score (nSPS) is 18.5. The van der Waals surface area contributed by atoms with Gasteiger partial charge in [0.25, 0.3) is 0 Å². The molecular weight excluding hydrogens is 255 g/mol. The number of hydrogen-bond acceptors (Lipinski definition) is 3. The molecule has 0 aliphatic carbocycles. The molecule has 0 atom stereocenters. The van der Waals surface area contributed by atoms with Gasteiger partial charge in [-0.1, -0.05) is 6.07 Å². The van der Waals surface area contributed by atoms with E-state index >= 15 is 0 Å². The van der Waals surface area contributed by atoms with E-state index in [9.17, 15) is 13.2 Å². The topological polar surface area (TPSA) is 28.2 Å². The molecule has 19 heavy (non-hydrogen) atoms. The van der Waals surface area contributed by atoms with Crippen molar-refractivity contribution >= 4 is 5.82 Å². The van der Waals surface area contributed by atoms with Gasteiger partial charge in [-0.25, -0.2) is 4.98 Å². The third kappa shape index (κ3) is 5.06. The van der Waals surface area contributed by atoms with Crippen LogP contribution in [0, 0.1) is 5.92 Å². The van der Waals surface area contributed by atoms with Crippen molar-refractivity contribution in [3.63, 3.8) is 0 Å². The number of halogens is 3. The monoisotopic (exact) mass is 273 g/mol. The molecule has 0 bridgehead atoms. The van der Waals surface area contributed by atoms with Gasteiger partial charge in [0.1, 0.15) is 5.82 Å². The third-order valence-corrected chi connectivity index (χ3v) is 3.35. The number of likely N-dealkylation sites (tertiary alicyclic amines) is 1. The van der Waals surface area contributed by atoms with E-state index in [0.29, 0.717) is 19.0 Å². The highest BCUT2D eigenvalue weighted by Gasteiger charge is 2.32. The maximum Gasteiger partial charge on any atom is 0.401 e. The van der Waals surface area contributed by atoms with E-state index in [2.05, 4.69) is 10.3 Å². The Labute approximate surface area is 110 Å². The van der Waals surface area contributed by atoms with Crippen LogP contribution in [0.3, 0.4) is 0 Å². The number of nitrogens with one attached hydrogen (secondary N) is 1. The van der Waals surface area contributed by atoms with Gasteiger partial charge in [-0.2, -0.15) is 13.2 Å². The fourth-order valence-corrected chi connectivity index (χ4v) is 2.32. The van der Waals surface area contributed by atoms with E-state index < -0.39 is 12.7 Å². The maximum absolute atomic E-state index is 12.2. The van der Waals surface area contributed by atoms with Gasteiger partial charge in [-0.15, -0.1) is 0 Å². The zero-order valence-electron chi connectivity index (χ0n) is 10.7. The molecule has 6 heteroatoms. The van der Waals surface area contributed by atoms with Crippen molar-refractivity contribution in [2.45, 2.75) is 19.0 Å². The summed E-state index contributed by atoms with van der Waals surface area (Å²) in [6.07, 6.45) is -0.765. The zero-order valence-corrected chi connectivity index (χ0v) is 10.7. The first kappa shape index (κ1) is 14.1. The summed E-state index contributed by atoms with van der Waals surface area (Å²) in [5.41, 5.74) is 0. The van der Waals surface area contributed by atoms with Gasteiger partial charge in [-0.05, 0) is 44.0 Å². The molecule has 0 saturated carbocycles. The van der Waals surface area contributed by atoms with Gasteiger partial charge in [-0.3, -0.25) is 4.90 Å². The smallest absolute Gasteiger partial charge is 0.370 e. The van der Waals surface area contributed by atoms with E-state index in [0.717, 1.165) is 25.2 Å². The lowest BCUT2D eigenvalue weighted by Crippen LogP contribution is -2.41. The number of piperidine rings is 1. The number of aromatic nitrogens is 1. The van der Waals surface area contributed by atoms with E-state index in [1.54, 1.807) is 6.20 Å². The highest BCUT2D eigenvalue weighted by molar-refractivity contribution is 5.32. The SMILES string of the molecule is FC(F)(F)CN1CCC(CNc2ccccn2)CC1. The van der Waals surface area contributed by atoms with Crippen LogP contribution in [0.1, 0.15) is 12.8 Å². The highest BCUT2D eigenvalue weighted by atomic mass is 19.4. The second-order valence-corrected chi connectivity index (χ2v) is 4.93. The molecule has 1 N–H and O–H groups in total. The quantitative estimate of drug-likeness (QED) is 0.914. The first-order valence-corrected chi connectivity index (χ1v) is 6.47. The molecule has 3 nitrogen and oxygen atoms in total. The predicted molar refractivity (Wildman–Crippen MR) is 67.9 cm³/mol. The van der Waals surface area contributed by atoms with Crippen molar-refractivity contribution < 1.29 is 13.2 Å². The standard InChI is InChI=1S/C13H18F3N3/c14-13(15,16)10-19-7-4-11(5-8-19)9-18-12-3-1-2-6-17-12/h1-3,6,11H,4-5,7-10H2,(H,17,18). The second kappa shape index (κ2) is 6.23. The summed E-state index contributed by atoms with van der Waals surface area (Å²) in [6.45, 7) is 1.03. The Balaban J connectivity index is 1.69. The van der Waals surface area contributed by atoms with Crippen molar-refractivity contribution in [3.8, 4) is 0 Å². The molecule has 2 heterocycles. The number of alkyl halides is 3. The van der Waals surface area contributed by atoms with Crippen molar-refractivity contribution in [3.05, 3.63) is 24.4 Å². The Kier molecular flexibility index (Phi) is 4.63. The summed E-state index contributed by atoms with van der Waals surface area (Å²) in [7, 11) is 0. The third-order valence-electron chi connectivity index (χ3n) is 3.35. The molecule has 1 saturated heterocycles. The van der Waals surface area contributed by atoms with Crippen LogP contribution >= 0.6 is 0 Å². The van der Waals surface area contributed by atoms with Gasteiger partial charge < -0.3 is 5.32 Å². The minimum atomic E-state index is -4.08. The van der Waals surface area contributed by atoms with Crippen LogP contribution in [0.4, 0.5) is 19.0 Å². The number of nitrogens with zero attached hydrogens (tertiary/aromatic N) is 2. The Hall–Kier alpha value is -1.30. The molecule has 0 aromatic carbocycles. The van der Waals surface area contributed by atoms with Crippen molar-refractivity contribution in [2.24, 2.45) is 5.92 Å². The van der Waals surface area contributed by atoms with Crippen LogP contribution < -0.4 is 5.32 Å². The minimum absolute atomic E-state index is 0.423. The first-order chi connectivity index (χ1) is 9.03. The lowest BCUT2D eigenvalue weighted by molar-refractivity contribution is -0.148. The fraction of sp³-hybridized carbons (Fsp3) is 0.615.